The van der Waals surface area contributed by atoms with Crippen LogP contribution in [0.1, 0.15) is 24.5 Å². The Bertz CT molecular complexity index is 424. The number of nitrogens with zero attached hydrogens (tertiary/aromatic N) is 2. The second kappa shape index (κ2) is 5.87. The minimum Gasteiger partial charge on any atom is -0.370 e. The predicted molar refractivity (Wildman–Crippen MR) is 75.3 cm³/mol. The van der Waals surface area contributed by atoms with E-state index in [0.717, 1.165) is 25.9 Å². The van der Waals surface area contributed by atoms with Gasteiger partial charge in [-0.1, -0.05) is 31.2 Å². The maximum atomic E-state index is 5.41. The first-order chi connectivity index (χ1) is 8.70. The summed E-state index contributed by atoms with van der Waals surface area (Å²) < 4.78 is 0. The maximum absolute atomic E-state index is 5.41. The van der Waals surface area contributed by atoms with Crippen LogP contribution in [0.3, 0.4) is 0 Å². The number of aliphatic imine (C=N–C) groups is 1. The average Bonchev–Trinajstić information content (AvgIpc) is 2.39. The highest BCUT2D eigenvalue weighted by Crippen LogP contribution is 2.21. The lowest BCUT2D eigenvalue weighted by atomic mass is 9.98. The maximum Gasteiger partial charge on any atom is 0.185 e. The smallest absolute Gasteiger partial charge is 0.185 e. The lowest BCUT2D eigenvalue weighted by molar-refractivity contribution is 0.178. The van der Waals surface area contributed by atoms with Crippen molar-refractivity contribution in [2.45, 2.75) is 32.4 Å². The van der Waals surface area contributed by atoms with E-state index in [0.29, 0.717) is 12.6 Å². The van der Waals surface area contributed by atoms with Gasteiger partial charge in [-0.2, -0.15) is 0 Å². The van der Waals surface area contributed by atoms with Crippen LogP contribution in [0.2, 0.25) is 0 Å². The standard InChI is InChI=1S/C14H22N4/c1-2-13(9-17-14(15)16)18-8-7-11-5-3-4-6-12(11)10-18/h3-6,13H,2,7-10H2,1H3,(H4,15,16,17). The molecular formula is C14H22N4. The van der Waals surface area contributed by atoms with Gasteiger partial charge in [0.25, 0.3) is 0 Å². The van der Waals surface area contributed by atoms with Crippen molar-refractivity contribution in [1.82, 2.24) is 4.90 Å². The average molecular weight is 246 g/mol. The van der Waals surface area contributed by atoms with Crippen molar-refractivity contribution >= 4 is 5.96 Å². The Hall–Kier alpha value is -1.55. The number of hydrogen-bond donors (Lipinski definition) is 2. The second-order valence-corrected chi connectivity index (χ2v) is 4.82. The molecule has 4 heteroatoms. The summed E-state index contributed by atoms with van der Waals surface area (Å²) in [5.41, 5.74) is 13.7. The van der Waals surface area contributed by atoms with Gasteiger partial charge < -0.3 is 11.5 Å². The molecule has 1 aromatic carbocycles. The fourth-order valence-electron chi connectivity index (χ4n) is 2.54. The molecule has 0 aromatic heterocycles. The van der Waals surface area contributed by atoms with E-state index in [1.165, 1.54) is 11.1 Å². The van der Waals surface area contributed by atoms with Gasteiger partial charge in [0.05, 0.1) is 6.54 Å². The molecule has 0 fully saturated rings. The van der Waals surface area contributed by atoms with Crippen LogP contribution >= 0.6 is 0 Å². The van der Waals surface area contributed by atoms with Crippen LogP contribution in [0.25, 0.3) is 0 Å². The summed E-state index contributed by atoms with van der Waals surface area (Å²) in [5, 5.41) is 0. The van der Waals surface area contributed by atoms with Gasteiger partial charge in [0.1, 0.15) is 0 Å². The molecule has 1 aliphatic heterocycles. The summed E-state index contributed by atoms with van der Waals surface area (Å²) >= 11 is 0. The molecule has 0 aliphatic carbocycles. The summed E-state index contributed by atoms with van der Waals surface area (Å²) in [7, 11) is 0. The van der Waals surface area contributed by atoms with E-state index in [2.05, 4.69) is 41.1 Å². The third-order valence-electron chi connectivity index (χ3n) is 3.63. The van der Waals surface area contributed by atoms with E-state index in [4.69, 9.17) is 11.5 Å². The Morgan fingerprint density at radius 3 is 2.72 bits per heavy atom. The lowest BCUT2D eigenvalue weighted by Crippen LogP contribution is -2.41. The first-order valence-corrected chi connectivity index (χ1v) is 6.57. The van der Waals surface area contributed by atoms with E-state index >= 15 is 0 Å². The van der Waals surface area contributed by atoms with Crippen LogP contribution < -0.4 is 11.5 Å². The van der Waals surface area contributed by atoms with Gasteiger partial charge in [0.2, 0.25) is 0 Å². The monoisotopic (exact) mass is 246 g/mol. The van der Waals surface area contributed by atoms with Gasteiger partial charge in [-0.25, -0.2) is 0 Å². The number of guanidine groups is 1. The minimum atomic E-state index is 0.186. The van der Waals surface area contributed by atoms with Gasteiger partial charge >= 0.3 is 0 Å². The van der Waals surface area contributed by atoms with Crippen LogP contribution in [0.5, 0.6) is 0 Å². The predicted octanol–water partition coefficient (Wildman–Crippen LogP) is 1.10. The molecule has 0 amide bonds. The Balaban J connectivity index is 2.04. The summed E-state index contributed by atoms with van der Waals surface area (Å²) in [5.74, 6) is 0.186. The Morgan fingerprint density at radius 1 is 1.33 bits per heavy atom. The topological polar surface area (TPSA) is 67.6 Å². The van der Waals surface area contributed by atoms with Gasteiger partial charge in [0, 0.05) is 19.1 Å². The van der Waals surface area contributed by atoms with E-state index in [1.807, 2.05) is 0 Å². The zero-order chi connectivity index (χ0) is 13.0. The zero-order valence-corrected chi connectivity index (χ0v) is 11.0. The van der Waals surface area contributed by atoms with E-state index < -0.39 is 0 Å². The van der Waals surface area contributed by atoms with E-state index in [1.54, 1.807) is 0 Å². The molecular weight excluding hydrogens is 224 g/mol. The molecule has 2 rings (SSSR count). The number of nitrogens with two attached hydrogens (primary N) is 2. The first-order valence-electron chi connectivity index (χ1n) is 6.57. The molecule has 1 heterocycles. The van der Waals surface area contributed by atoms with Crippen LogP contribution in [0.15, 0.2) is 29.3 Å². The number of hydrogen-bond acceptors (Lipinski definition) is 2. The molecule has 0 bridgehead atoms. The highest BCUT2D eigenvalue weighted by atomic mass is 15.2. The number of rotatable bonds is 4. The van der Waals surface area contributed by atoms with E-state index in [-0.39, 0.29) is 5.96 Å². The summed E-state index contributed by atoms with van der Waals surface area (Å²) in [6, 6.07) is 9.10. The van der Waals surface area contributed by atoms with Crippen LogP contribution in [-0.2, 0) is 13.0 Å². The largest absolute Gasteiger partial charge is 0.370 e. The van der Waals surface area contributed by atoms with Crippen LogP contribution in [-0.4, -0.2) is 30.0 Å². The summed E-state index contributed by atoms with van der Waals surface area (Å²) in [6.07, 6.45) is 2.19. The molecule has 0 saturated heterocycles. The number of benzene rings is 1. The number of fused-ring (bicyclic) bond motifs is 1. The zero-order valence-electron chi connectivity index (χ0n) is 11.0. The molecule has 0 radical (unpaired) electrons. The van der Waals surface area contributed by atoms with Crippen molar-refractivity contribution in [2.75, 3.05) is 13.1 Å². The molecule has 4 nitrogen and oxygen atoms in total. The van der Waals surface area contributed by atoms with Gasteiger partial charge in [0.15, 0.2) is 5.96 Å². The minimum absolute atomic E-state index is 0.186. The Labute approximate surface area is 109 Å². The third-order valence-corrected chi connectivity index (χ3v) is 3.63. The lowest BCUT2D eigenvalue weighted by Gasteiger charge is -2.34. The fourth-order valence-corrected chi connectivity index (χ4v) is 2.54. The SMILES string of the molecule is CCC(CN=C(N)N)N1CCc2ccccc2C1. The van der Waals surface area contributed by atoms with Crippen LogP contribution in [0, 0.1) is 0 Å². The highest BCUT2D eigenvalue weighted by Gasteiger charge is 2.21. The van der Waals surface area contributed by atoms with Crippen molar-refractivity contribution in [3.8, 4) is 0 Å². The van der Waals surface area contributed by atoms with Crippen LogP contribution in [0.4, 0.5) is 0 Å². The quantitative estimate of drug-likeness (QED) is 0.617. The molecule has 1 aromatic rings. The first kappa shape index (κ1) is 12.9. The fraction of sp³-hybridized carbons (Fsp3) is 0.500. The van der Waals surface area contributed by atoms with Gasteiger partial charge in [-0.15, -0.1) is 0 Å². The van der Waals surface area contributed by atoms with Gasteiger partial charge in [-0.3, -0.25) is 9.89 Å². The van der Waals surface area contributed by atoms with Crippen molar-refractivity contribution in [1.29, 1.82) is 0 Å². The highest BCUT2D eigenvalue weighted by molar-refractivity contribution is 5.75. The molecule has 98 valence electrons. The summed E-state index contributed by atoms with van der Waals surface area (Å²) in [4.78, 5) is 6.64. The van der Waals surface area contributed by atoms with Crippen molar-refractivity contribution in [2.24, 2.45) is 16.5 Å². The van der Waals surface area contributed by atoms with Crippen molar-refractivity contribution in [3.63, 3.8) is 0 Å². The van der Waals surface area contributed by atoms with Gasteiger partial charge in [-0.05, 0) is 24.0 Å². The Morgan fingerprint density at radius 2 is 2.06 bits per heavy atom. The molecule has 0 spiro atoms. The van der Waals surface area contributed by atoms with Crippen molar-refractivity contribution < 1.29 is 0 Å². The normalized spacial score (nSPS) is 16.9. The molecule has 0 saturated carbocycles. The third kappa shape index (κ3) is 3.01. The molecule has 1 unspecified atom stereocenters. The molecule has 1 aliphatic rings. The molecule has 4 N–H and O–H groups in total. The van der Waals surface area contributed by atoms with Crippen molar-refractivity contribution in [3.05, 3.63) is 35.4 Å². The summed E-state index contributed by atoms with van der Waals surface area (Å²) in [6.45, 7) is 4.98. The molecule has 1 atom stereocenters. The second-order valence-electron chi connectivity index (χ2n) is 4.82. The Kier molecular flexibility index (Phi) is 4.20. The molecule has 18 heavy (non-hydrogen) atoms. The van der Waals surface area contributed by atoms with E-state index in [9.17, 15) is 0 Å².